The molecule has 2 heterocycles. The fourth-order valence-electron chi connectivity index (χ4n) is 3.50. The van der Waals surface area contributed by atoms with Crippen LogP contribution in [0.5, 0.6) is 0 Å². The van der Waals surface area contributed by atoms with E-state index in [9.17, 15) is 4.79 Å². The summed E-state index contributed by atoms with van der Waals surface area (Å²) < 4.78 is 1.85. The maximum Gasteiger partial charge on any atom is 0.319 e. The minimum atomic E-state index is -0.192. The second-order valence-corrected chi connectivity index (χ2v) is 8.54. The van der Waals surface area contributed by atoms with Gasteiger partial charge in [-0.15, -0.1) is 0 Å². The van der Waals surface area contributed by atoms with E-state index < -0.39 is 0 Å². The number of aromatic nitrogens is 2. The lowest BCUT2D eigenvalue weighted by Crippen LogP contribution is -2.32. The number of benzene rings is 2. The second kappa shape index (κ2) is 9.71. The van der Waals surface area contributed by atoms with Crippen LogP contribution in [0.2, 0.25) is 0 Å². The van der Waals surface area contributed by atoms with Crippen molar-refractivity contribution in [3.63, 3.8) is 0 Å². The van der Waals surface area contributed by atoms with Crippen molar-refractivity contribution in [1.29, 1.82) is 0 Å². The van der Waals surface area contributed by atoms with E-state index in [1.54, 1.807) is 0 Å². The molecule has 0 bridgehead atoms. The van der Waals surface area contributed by atoms with Crippen molar-refractivity contribution in [2.24, 2.45) is 0 Å². The van der Waals surface area contributed by atoms with Gasteiger partial charge in [0, 0.05) is 55.1 Å². The number of rotatable bonds is 6. The fraction of sp³-hybridized carbons (Fsp3) is 0.304. The van der Waals surface area contributed by atoms with Crippen molar-refractivity contribution < 1.29 is 4.79 Å². The molecule has 4 rings (SSSR count). The summed E-state index contributed by atoms with van der Waals surface area (Å²) in [6.45, 7) is 4.73. The fourth-order valence-corrected chi connectivity index (χ4v) is 4.40. The summed E-state index contributed by atoms with van der Waals surface area (Å²) in [5.41, 5.74) is 5.11. The first-order valence-electron chi connectivity index (χ1n) is 10.3. The van der Waals surface area contributed by atoms with Crippen LogP contribution in [0.1, 0.15) is 11.3 Å². The Kier molecular flexibility index (Phi) is 6.59. The number of hydrogen-bond donors (Lipinski definition) is 2. The van der Waals surface area contributed by atoms with Gasteiger partial charge in [-0.3, -0.25) is 0 Å². The number of anilines is 2. The number of amides is 2. The molecule has 7 heteroatoms. The van der Waals surface area contributed by atoms with Gasteiger partial charge in [0.15, 0.2) is 0 Å². The van der Waals surface area contributed by atoms with Gasteiger partial charge in [-0.1, -0.05) is 18.2 Å². The van der Waals surface area contributed by atoms with Gasteiger partial charge in [0.2, 0.25) is 0 Å². The van der Waals surface area contributed by atoms with Crippen molar-refractivity contribution >= 4 is 29.2 Å². The molecule has 30 heavy (non-hydrogen) atoms. The van der Waals surface area contributed by atoms with Crippen LogP contribution in [0.15, 0.2) is 60.8 Å². The Hall–Kier alpha value is -2.93. The molecule has 1 saturated heterocycles. The second-order valence-electron chi connectivity index (χ2n) is 7.32. The molecule has 2 amide bonds. The van der Waals surface area contributed by atoms with E-state index in [2.05, 4.69) is 32.8 Å². The molecule has 0 atom stereocenters. The first kappa shape index (κ1) is 20.3. The van der Waals surface area contributed by atoms with Crippen molar-refractivity contribution in [3.8, 4) is 5.69 Å². The van der Waals surface area contributed by atoms with E-state index in [0.29, 0.717) is 13.0 Å². The monoisotopic (exact) mass is 421 g/mol. The highest BCUT2D eigenvalue weighted by molar-refractivity contribution is 7.99. The SMILES string of the molecule is Cc1cc(N2CCSCC2)ccc1NC(=O)NCCc1ccn(-c2ccccc2)n1. The summed E-state index contributed by atoms with van der Waals surface area (Å²) >= 11 is 2.00. The number of aryl methyl sites for hydroxylation is 1. The Labute approximate surface area is 181 Å². The van der Waals surface area contributed by atoms with Crippen LogP contribution in [0.25, 0.3) is 5.69 Å². The Morgan fingerprint density at radius 2 is 1.87 bits per heavy atom. The van der Waals surface area contributed by atoms with E-state index in [0.717, 1.165) is 35.7 Å². The molecule has 0 saturated carbocycles. The highest BCUT2D eigenvalue weighted by atomic mass is 32.2. The number of thioether (sulfide) groups is 1. The first-order valence-corrected chi connectivity index (χ1v) is 11.4. The number of nitrogens with zero attached hydrogens (tertiary/aromatic N) is 3. The summed E-state index contributed by atoms with van der Waals surface area (Å²) in [7, 11) is 0. The Morgan fingerprint density at radius 3 is 2.63 bits per heavy atom. The molecule has 1 fully saturated rings. The van der Waals surface area contributed by atoms with Crippen LogP contribution < -0.4 is 15.5 Å². The Bertz CT molecular complexity index is 982. The smallest absolute Gasteiger partial charge is 0.319 e. The van der Waals surface area contributed by atoms with E-state index in [4.69, 9.17) is 0 Å². The van der Waals surface area contributed by atoms with Crippen LogP contribution in [-0.4, -0.2) is 47.0 Å². The molecular formula is C23H27N5OS. The molecule has 156 valence electrons. The molecule has 0 unspecified atom stereocenters. The summed E-state index contributed by atoms with van der Waals surface area (Å²) in [4.78, 5) is 14.7. The van der Waals surface area contributed by atoms with Crippen molar-refractivity contribution in [3.05, 3.63) is 72.1 Å². The molecule has 2 N–H and O–H groups in total. The molecule has 1 aliphatic rings. The van der Waals surface area contributed by atoms with E-state index in [1.807, 2.05) is 72.0 Å². The number of carbonyl (C=O) groups is 1. The van der Waals surface area contributed by atoms with Gasteiger partial charge in [0.25, 0.3) is 0 Å². The van der Waals surface area contributed by atoms with Crippen LogP contribution in [0.4, 0.5) is 16.2 Å². The van der Waals surface area contributed by atoms with Gasteiger partial charge in [-0.05, 0) is 48.9 Å². The van der Waals surface area contributed by atoms with Crippen LogP contribution in [0.3, 0.4) is 0 Å². The van der Waals surface area contributed by atoms with Crippen LogP contribution >= 0.6 is 11.8 Å². The van der Waals surface area contributed by atoms with Gasteiger partial charge >= 0.3 is 6.03 Å². The average Bonchev–Trinajstić information content (AvgIpc) is 3.25. The minimum Gasteiger partial charge on any atom is -0.370 e. The Balaban J connectivity index is 1.26. The number of carbonyl (C=O) groups excluding carboxylic acids is 1. The third-order valence-corrected chi connectivity index (χ3v) is 6.11. The predicted molar refractivity (Wildman–Crippen MR) is 125 cm³/mol. The maximum atomic E-state index is 12.3. The van der Waals surface area contributed by atoms with E-state index in [-0.39, 0.29) is 6.03 Å². The topological polar surface area (TPSA) is 62.2 Å². The lowest BCUT2D eigenvalue weighted by molar-refractivity contribution is 0.252. The molecule has 1 aromatic heterocycles. The number of urea groups is 1. The standard InChI is InChI=1S/C23H27N5OS/c1-18-17-21(27-13-15-30-16-14-27)7-8-22(18)25-23(29)24-11-9-19-10-12-28(26-19)20-5-3-2-4-6-20/h2-8,10,12,17H,9,11,13-16H2,1H3,(H2,24,25,29). The van der Waals surface area contributed by atoms with E-state index >= 15 is 0 Å². The highest BCUT2D eigenvalue weighted by Gasteiger charge is 2.13. The summed E-state index contributed by atoms with van der Waals surface area (Å²) in [6.07, 6.45) is 2.62. The highest BCUT2D eigenvalue weighted by Crippen LogP contribution is 2.25. The third kappa shape index (κ3) is 5.16. The van der Waals surface area contributed by atoms with E-state index in [1.165, 1.54) is 17.2 Å². The summed E-state index contributed by atoms with van der Waals surface area (Å²) in [5, 5.41) is 10.4. The largest absolute Gasteiger partial charge is 0.370 e. The number of hydrogen-bond acceptors (Lipinski definition) is 4. The minimum absolute atomic E-state index is 0.192. The lowest BCUT2D eigenvalue weighted by Gasteiger charge is -2.29. The molecule has 1 aliphatic heterocycles. The summed E-state index contributed by atoms with van der Waals surface area (Å²) in [6, 6.07) is 18.0. The maximum absolute atomic E-state index is 12.3. The number of nitrogens with one attached hydrogen (secondary N) is 2. The van der Waals surface area contributed by atoms with Crippen molar-refractivity contribution in [2.45, 2.75) is 13.3 Å². The first-order chi connectivity index (χ1) is 14.7. The summed E-state index contributed by atoms with van der Waals surface area (Å²) in [5.74, 6) is 2.34. The van der Waals surface area contributed by atoms with Gasteiger partial charge in [0.05, 0.1) is 11.4 Å². The molecule has 3 aromatic rings. The number of para-hydroxylation sites is 1. The quantitative estimate of drug-likeness (QED) is 0.629. The third-order valence-electron chi connectivity index (χ3n) is 5.17. The zero-order chi connectivity index (χ0) is 20.8. The molecule has 6 nitrogen and oxygen atoms in total. The normalized spacial score (nSPS) is 13.8. The Morgan fingerprint density at radius 1 is 1.07 bits per heavy atom. The van der Waals surface area contributed by atoms with Crippen molar-refractivity contribution in [1.82, 2.24) is 15.1 Å². The molecule has 2 aromatic carbocycles. The molecule has 0 aliphatic carbocycles. The molecule has 0 spiro atoms. The van der Waals surface area contributed by atoms with Gasteiger partial charge in [0.1, 0.15) is 0 Å². The molecule has 0 radical (unpaired) electrons. The average molecular weight is 422 g/mol. The lowest BCUT2D eigenvalue weighted by atomic mass is 10.1. The van der Waals surface area contributed by atoms with Crippen molar-refractivity contribution in [2.75, 3.05) is 41.4 Å². The predicted octanol–water partition coefficient (Wildman–Crippen LogP) is 4.10. The van der Waals surface area contributed by atoms with Gasteiger partial charge < -0.3 is 15.5 Å². The van der Waals surface area contributed by atoms with Crippen LogP contribution in [-0.2, 0) is 6.42 Å². The molecular weight excluding hydrogens is 394 g/mol. The van der Waals surface area contributed by atoms with Gasteiger partial charge in [-0.2, -0.15) is 16.9 Å². The van der Waals surface area contributed by atoms with Crippen LogP contribution in [0, 0.1) is 6.92 Å². The van der Waals surface area contributed by atoms with Gasteiger partial charge in [-0.25, -0.2) is 9.48 Å². The zero-order valence-corrected chi connectivity index (χ0v) is 18.0. The zero-order valence-electron chi connectivity index (χ0n) is 17.2.